The van der Waals surface area contributed by atoms with Crippen molar-refractivity contribution in [2.75, 3.05) is 7.05 Å². The molecule has 0 spiro atoms. The number of carbonyl (C=O) groups is 1. The van der Waals surface area contributed by atoms with Gasteiger partial charge >= 0.3 is 0 Å². The molecule has 6 nitrogen and oxygen atoms in total. The summed E-state index contributed by atoms with van der Waals surface area (Å²) < 4.78 is 2.09. The van der Waals surface area contributed by atoms with Crippen molar-refractivity contribution >= 4 is 16.9 Å². The molecular weight excluding hydrogens is 376 g/mol. The maximum atomic E-state index is 13.0. The minimum Gasteiger partial charge on any atom is -0.334 e. The van der Waals surface area contributed by atoms with E-state index in [-0.39, 0.29) is 11.5 Å². The third-order valence-corrected chi connectivity index (χ3v) is 5.24. The summed E-state index contributed by atoms with van der Waals surface area (Å²) in [6.07, 6.45) is 0. The van der Waals surface area contributed by atoms with Gasteiger partial charge in [-0.1, -0.05) is 35.9 Å². The van der Waals surface area contributed by atoms with Crippen molar-refractivity contribution in [3.8, 4) is 11.3 Å². The van der Waals surface area contributed by atoms with Gasteiger partial charge in [-0.2, -0.15) is 0 Å². The number of aromatic amines is 1. The Labute approximate surface area is 174 Å². The Morgan fingerprint density at radius 3 is 2.63 bits per heavy atom. The van der Waals surface area contributed by atoms with Crippen LogP contribution in [0.2, 0.25) is 0 Å². The lowest BCUT2D eigenvalue weighted by Gasteiger charge is -2.17. The number of H-pyrrole nitrogens is 1. The Hall–Kier alpha value is -3.67. The number of pyridine rings is 1. The molecule has 0 fully saturated rings. The van der Waals surface area contributed by atoms with Gasteiger partial charge in [0.1, 0.15) is 11.4 Å². The number of para-hydroxylation sites is 2. The van der Waals surface area contributed by atoms with E-state index in [1.165, 1.54) is 4.90 Å². The monoisotopic (exact) mass is 400 g/mol. The van der Waals surface area contributed by atoms with Gasteiger partial charge in [0.25, 0.3) is 11.5 Å². The molecule has 0 unspecified atom stereocenters. The van der Waals surface area contributed by atoms with Crippen molar-refractivity contribution in [1.29, 1.82) is 0 Å². The standard InChI is InChI=1S/C24H24N4O2/c1-4-28-21-11-6-5-10-20(21)25-22(28)15-27(3)24(30)18-12-13-19(26-23(18)29)17-9-7-8-16(2)14-17/h5-14H,4,15H2,1-3H3,(H,26,29). The van der Waals surface area contributed by atoms with E-state index in [4.69, 9.17) is 0 Å². The van der Waals surface area contributed by atoms with Gasteiger partial charge in [0.15, 0.2) is 0 Å². The van der Waals surface area contributed by atoms with Crippen LogP contribution in [0.3, 0.4) is 0 Å². The van der Waals surface area contributed by atoms with Crippen LogP contribution in [-0.4, -0.2) is 32.4 Å². The minimum atomic E-state index is -0.394. The highest BCUT2D eigenvalue weighted by molar-refractivity contribution is 5.94. The Balaban J connectivity index is 1.59. The fourth-order valence-corrected chi connectivity index (χ4v) is 3.71. The SMILES string of the molecule is CCn1c(CN(C)C(=O)c2ccc(-c3cccc(C)c3)[nH]c2=O)nc2ccccc21. The van der Waals surface area contributed by atoms with Crippen molar-refractivity contribution < 1.29 is 4.79 Å². The van der Waals surface area contributed by atoms with Crippen molar-refractivity contribution in [3.63, 3.8) is 0 Å². The molecule has 2 heterocycles. The average molecular weight is 400 g/mol. The van der Waals surface area contributed by atoms with E-state index in [1.54, 1.807) is 19.2 Å². The van der Waals surface area contributed by atoms with Gasteiger partial charge in [-0.3, -0.25) is 9.59 Å². The maximum Gasteiger partial charge on any atom is 0.261 e. The van der Waals surface area contributed by atoms with E-state index < -0.39 is 5.56 Å². The lowest BCUT2D eigenvalue weighted by atomic mass is 10.1. The third-order valence-electron chi connectivity index (χ3n) is 5.24. The lowest BCUT2D eigenvalue weighted by molar-refractivity contribution is 0.0778. The molecule has 4 rings (SSSR count). The summed E-state index contributed by atoms with van der Waals surface area (Å²) in [5.41, 5.74) is 4.37. The Morgan fingerprint density at radius 2 is 1.90 bits per heavy atom. The molecule has 0 bridgehead atoms. The highest BCUT2D eigenvalue weighted by atomic mass is 16.2. The molecular formula is C24H24N4O2. The molecule has 0 aliphatic carbocycles. The number of aromatic nitrogens is 3. The zero-order chi connectivity index (χ0) is 21.3. The molecule has 2 aromatic carbocycles. The van der Waals surface area contributed by atoms with Gasteiger partial charge in [0, 0.05) is 19.3 Å². The largest absolute Gasteiger partial charge is 0.334 e. The Morgan fingerprint density at radius 1 is 1.10 bits per heavy atom. The van der Waals surface area contributed by atoms with Gasteiger partial charge in [0.05, 0.1) is 17.6 Å². The molecule has 6 heteroatoms. The summed E-state index contributed by atoms with van der Waals surface area (Å²) in [6.45, 7) is 5.12. The number of hydrogen-bond donors (Lipinski definition) is 1. The van der Waals surface area contributed by atoms with Crippen molar-refractivity contribution in [1.82, 2.24) is 19.4 Å². The molecule has 0 aliphatic rings. The highest BCUT2D eigenvalue weighted by Crippen LogP contribution is 2.19. The van der Waals surface area contributed by atoms with E-state index in [2.05, 4.69) is 14.5 Å². The van der Waals surface area contributed by atoms with E-state index >= 15 is 0 Å². The first-order valence-electron chi connectivity index (χ1n) is 9.98. The summed E-state index contributed by atoms with van der Waals surface area (Å²) in [4.78, 5) is 34.6. The average Bonchev–Trinajstić information content (AvgIpc) is 3.10. The molecule has 4 aromatic rings. The number of amides is 1. The van der Waals surface area contributed by atoms with Gasteiger partial charge in [-0.25, -0.2) is 4.98 Å². The molecule has 2 aromatic heterocycles. The number of nitrogens with zero attached hydrogens (tertiary/aromatic N) is 3. The summed E-state index contributed by atoms with van der Waals surface area (Å²) >= 11 is 0. The molecule has 152 valence electrons. The lowest BCUT2D eigenvalue weighted by Crippen LogP contribution is -2.32. The number of rotatable bonds is 5. The molecule has 1 N–H and O–H groups in total. The van der Waals surface area contributed by atoms with E-state index in [0.717, 1.165) is 34.5 Å². The predicted octanol–water partition coefficient (Wildman–Crippen LogP) is 3.99. The number of benzene rings is 2. The molecule has 0 saturated heterocycles. The zero-order valence-electron chi connectivity index (χ0n) is 17.3. The normalized spacial score (nSPS) is 11.0. The third kappa shape index (κ3) is 3.64. The second-order valence-electron chi connectivity index (χ2n) is 7.41. The maximum absolute atomic E-state index is 13.0. The summed E-state index contributed by atoms with van der Waals surface area (Å²) in [6, 6.07) is 19.1. The van der Waals surface area contributed by atoms with E-state index in [9.17, 15) is 9.59 Å². The van der Waals surface area contributed by atoms with E-state index in [0.29, 0.717) is 12.2 Å². The summed E-state index contributed by atoms with van der Waals surface area (Å²) in [7, 11) is 1.69. The number of fused-ring (bicyclic) bond motifs is 1. The molecule has 30 heavy (non-hydrogen) atoms. The number of nitrogens with one attached hydrogen (secondary N) is 1. The van der Waals surface area contributed by atoms with Gasteiger partial charge in [0.2, 0.25) is 0 Å². The number of imidazole rings is 1. The van der Waals surface area contributed by atoms with Crippen LogP contribution in [0.25, 0.3) is 22.3 Å². The predicted molar refractivity (Wildman–Crippen MR) is 118 cm³/mol. The van der Waals surface area contributed by atoms with Crippen LogP contribution in [-0.2, 0) is 13.1 Å². The van der Waals surface area contributed by atoms with Crippen LogP contribution in [0.1, 0.15) is 28.7 Å². The van der Waals surface area contributed by atoms with Gasteiger partial charge in [-0.05, 0) is 49.7 Å². The van der Waals surface area contributed by atoms with Crippen LogP contribution >= 0.6 is 0 Å². The highest BCUT2D eigenvalue weighted by Gasteiger charge is 2.19. The van der Waals surface area contributed by atoms with Gasteiger partial charge in [-0.15, -0.1) is 0 Å². The van der Waals surface area contributed by atoms with E-state index in [1.807, 2.05) is 62.4 Å². The molecule has 1 amide bonds. The number of aryl methyl sites for hydroxylation is 2. The summed E-state index contributed by atoms with van der Waals surface area (Å²) in [5, 5.41) is 0. The first-order chi connectivity index (χ1) is 14.5. The molecule has 0 saturated carbocycles. The summed E-state index contributed by atoms with van der Waals surface area (Å²) in [5.74, 6) is 0.462. The van der Waals surface area contributed by atoms with Crippen LogP contribution in [0.4, 0.5) is 0 Å². The second-order valence-corrected chi connectivity index (χ2v) is 7.41. The van der Waals surface area contributed by atoms with Crippen molar-refractivity contribution in [2.24, 2.45) is 0 Å². The first kappa shape index (κ1) is 19.6. The van der Waals surface area contributed by atoms with Gasteiger partial charge < -0.3 is 14.5 Å². The van der Waals surface area contributed by atoms with Crippen LogP contribution in [0, 0.1) is 6.92 Å². The van der Waals surface area contributed by atoms with Crippen molar-refractivity contribution in [3.05, 3.63) is 88.0 Å². The van der Waals surface area contributed by atoms with Crippen molar-refractivity contribution in [2.45, 2.75) is 26.9 Å². The molecule has 0 atom stereocenters. The molecule has 0 radical (unpaired) electrons. The topological polar surface area (TPSA) is 71.0 Å². The number of hydrogen-bond acceptors (Lipinski definition) is 3. The van der Waals surface area contributed by atoms with Crippen LogP contribution in [0.15, 0.2) is 65.5 Å². The first-order valence-corrected chi connectivity index (χ1v) is 9.98. The molecule has 0 aliphatic heterocycles. The second kappa shape index (κ2) is 7.99. The zero-order valence-corrected chi connectivity index (χ0v) is 17.3. The smallest absolute Gasteiger partial charge is 0.261 e. The minimum absolute atomic E-state index is 0.119. The number of carbonyl (C=O) groups excluding carboxylic acids is 1. The Bertz CT molecular complexity index is 1290. The Kier molecular flexibility index (Phi) is 5.23. The fraction of sp³-hybridized carbons (Fsp3) is 0.208. The fourth-order valence-electron chi connectivity index (χ4n) is 3.71. The van der Waals surface area contributed by atoms with Crippen LogP contribution < -0.4 is 5.56 Å². The quantitative estimate of drug-likeness (QED) is 0.551. The van der Waals surface area contributed by atoms with Crippen LogP contribution in [0.5, 0.6) is 0 Å².